The van der Waals surface area contributed by atoms with Crippen LogP contribution in [0.4, 0.5) is 5.69 Å². The number of nitrogens with one attached hydrogen (secondary N) is 1. The zero-order valence-corrected chi connectivity index (χ0v) is 13.5. The van der Waals surface area contributed by atoms with E-state index in [0.717, 1.165) is 27.8 Å². The molecule has 1 N–H and O–H groups in total. The van der Waals surface area contributed by atoms with Gasteiger partial charge in [-0.05, 0) is 42.0 Å². The van der Waals surface area contributed by atoms with E-state index in [1.807, 2.05) is 59.9 Å². The van der Waals surface area contributed by atoms with Gasteiger partial charge < -0.3 is 9.57 Å². The van der Waals surface area contributed by atoms with Gasteiger partial charge in [0, 0.05) is 11.1 Å². The van der Waals surface area contributed by atoms with Gasteiger partial charge in [0.25, 0.3) is 0 Å². The average Bonchev–Trinajstić information content (AvgIpc) is 3.13. The monoisotopic (exact) mass is 327 g/mol. The lowest BCUT2D eigenvalue weighted by atomic mass is 10.2. The average molecular weight is 327 g/mol. The fourth-order valence-electron chi connectivity index (χ4n) is 1.96. The zero-order chi connectivity index (χ0) is 15.9. The Bertz CT molecular complexity index is 701. The molecule has 0 aromatic heterocycles. The minimum absolute atomic E-state index is 0.728. The van der Waals surface area contributed by atoms with Crippen molar-refractivity contribution in [2.24, 2.45) is 4.99 Å². The number of aliphatic imine (C=N–C) groups is 1. The SMILES string of the molecule is COc1ccc(C=Nc2ccccc2SCN2C=CON2)cc1. The van der Waals surface area contributed by atoms with Crippen molar-refractivity contribution < 1.29 is 9.57 Å². The van der Waals surface area contributed by atoms with E-state index in [-0.39, 0.29) is 0 Å². The molecule has 6 heteroatoms. The third-order valence-corrected chi connectivity index (χ3v) is 4.24. The van der Waals surface area contributed by atoms with Gasteiger partial charge in [0.15, 0.2) is 0 Å². The highest BCUT2D eigenvalue weighted by Crippen LogP contribution is 2.29. The van der Waals surface area contributed by atoms with Gasteiger partial charge in [-0.25, -0.2) is 0 Å². The third-order valence-electron chi connectivity index (χ3n) is 3.17. The quantitative estimate of drug-likeness (QED) is 0.647. The first kappa shape index (κ1) is 15.5. The number of hydrogen-bond acceptors (Lipinski definition) is 6. The van der Waals surface area contributed by atoms with Gasteiger partial charge in [-0.15, -0.1) is 11.8 Å². The Morgan fingerprint density at radius 2 is 2.04 bits per heavy atom. The molecule has 0 radical (unpaired) electrons. The van der Waals surface area contributed by atoms with Gasteiger partial charge in [-0.1, -0.05) is 17.7 Å². The molecule has 0 unspecified atom stereocenters. The summed E-state index contributed by atoms with van der Waals surface area (Å²) in [5.74, 6) is 1.57. The molecular formula is C17H17N3O2S. The van der Waals surface area contributed by atoms with E-state index < -0.39 is 0 Å². The molecule has 0 amide bonds. The van der Waals surface area contributed by atoms with Gasteiger partial charge in [0.1, 0.15) is 12.0 Å². The number of hydrogen-bond donors (Lipinski definition) is 1. The van der Waals surface area contributed by atoms with Crippen LogP contribution in [0.15, 0.2) is 70.9 Å². The lowest BCUT2D eigenvalue weighted by Crippen LogP contribution is -2.26. The fraction of sp³-hybridized carbons (Fsp3) is 0.118. The lowest BCUT2D eigenvalue weighted by molar-refractivity contribution is 0.0483. The number of thioether (sulfide) groups is 1. The Morgan fingerprint density at radius 1 is 1.22 bits per heavy atom. The van der Waals surface area contributed by atoms with Crippen LogP contribution in [-0.2, 0) is 4.84 Å². The number of hydrazine groups is 1. The molecule has 0 aliphatic carbocycles. The lowest BCUT2D eigenvalue weighted by Gasteiger charge is -2.13. The maximum atomic E-state index is 5.16. The summed E-state index contributed by atoms with van der Waals surface area (Å²) in [6.07, 6.45) is 5.31. The Hall–Kier alpha value is -2.44. The Morgan fingerprint density at radius 3 is 2.78 bits per heavy atom. The van der Waals surface area contributed by atoms with Gasteiger partial charge in [0.05, 0.1) is 24.9 Å². The first-order valence-corrected chi connectivity index (χ1v) is 8.08. The van der Waals surface area contributed by atoms with Crippen molar-refractivity contribution in [1.29, 1.82) is 0 Å². The third kappa shape index (κ3) is 4.28. The first-order valence-electron chi connectivity index (χ1n) is 7.10. The summed E-state index contributed by atoms with van der Waals surface area (Å²) in [5.41, 5.74) is 4.74. The zero-order valence-electron chi connectivity index (χ0n) is 12.7. The molecule has 3 rings (SSSR count). The van der Waals surface area contributed by atoms with Crippen molar-refractivity contribution in [3.63, 3.8) is 0 Å². The summed E-state index contributed by atoms with van der Waals surface area (Å²) < 4.78 is 5.16. The molecule has 1 heterocycles. The molecule has 2 aromatic rings. The van der Waals surface area contributed by atoms with Crippen LogP contribution in [0, 0.1) is 0 Å². The largest absolute Gasteiger partial charge is 0.497 e. The summed E-state index contributed by atoms with van der Waals surface area (Å²) in [6, 6.07) is 15.9. The molecule has 0 atom stereocenters. The predicted molar refractivity (Wildman–Crippen MR) is 92.6 cm³/mol. The molecule has 23 heavy (non-hydrogen) atoms. The van der Waals surface area contributed by atoms with Gasteiger partial charge in [0.2, 0.25) is 0 Å². The standard InChI is InChI=1S/C17H17N3O2S/c1-21-15-8-6-14(7-9-15)12-18-16-4-2-3-5-17(16)23-13-20-10-11-22-19-20/h2-12,19H,13H2,1H3. The normalized spacial score (nSPS) is 13.5. The predicted octanol–water partition coefficient (Wildman–Crippen LogP) is 3.72. The molecule has 0 saturated carbocycles. The number of nitrogens with zero attached hydrogens (tertiary/aromatic N) is 2. The molecule has 0 saturated heterocycles. The van der Waals surface area contributed by atoms with Crippen LogP contribution < -0.4 is 10.3 Å². The smallest absolute Gasteiger partial charge is 0.131 e. The Kier molecular flexibility index (Phi) is 5.18. The number of para-hydroxylation sites is 1. The van der Waals surface area contributed by atoms with E-state index in [1.54, 1.807) is 25.1 Å². The summed E-state index contributed by atoms with van der Waals surface area (Å²) in [6.45, 7) is 0. The number of methoxy groups -OCH3 is 1. The minimum Gasteiger partial charge on any atom is -0.497 e. The van der Waals surface area contributed by atoms with Crippen molar-refractivity contribution in [3.05, 3.63) is 66.6 Å². The van der Waals surface area contributed by atoms with E-state index >= 15 is 0 Å². The van der Waals surface area contributed by atoms with Crippen LogP contribution in [-0.4, -0.2) is 24.2 Å². The summed E-state index contributed by atoms with van der Waals surface area (Å²) in [4.78, 5) is 10.7. The molecule has 2 aromatic carbocycles. The Labute approximate surface area is 139 Å². The van der Waals surface area contributed by atoms with E-state index in [4.69, 9.17) is 9.57 Å². The molecule has 0 fully saturated rings. The summed E-state index contributed by atoms with van der Waals surface area (Å²) >= 11 is 1.68. The van der Waals surface area contributed by atoms with Gasteiger partial charge in [-0.3, -0.25) is 10.0 Å². The van der Waals surface area contributed by atoms with Crippen LogP contribution in [0.5, 0.6) is 5.75 Å². The highest BCUT2D eigenvalue weighted by molar-refractivity contribution is 7.99. The molecule has 1 aliphatic rings. The summed E-state index contributed by atoms with van der Waals surface area (Å²) in [7, 11) is 1.66. The molecule has 5 nitrogen and oxygen atoms in total. The highest BCUT2D eigenvalue weighted by Gasteiger charge is 2.07. The first-order chi connectivity index (χ1) is 11.3. The van der Waals surface area contributed by atoms with Crippen LogP contribution in [0.1, 0.15) is 5.56 Å². The second-order valence-electron chi connectivity index (χ2n) is 4.74. The van der Waals surface area contributed by atoms with Crippen LogP contribution >= 0.6 is 11.8 Å². The maximum Gasteiger partial charge on any atom is 0.131 e. The van der Waals surface area contributed by atoms with Crippen LogP contribution in [0.3, 0.4) is 0 Å². The Balaban J connectivity index is 1.68. The molecule has 1 aliphatic heterocycles. The molecule has 0 bridgehead atoms. The van der Waals surface area contributed by atoms with Crippen molar-refractivity contribution in [1.82, 2.24) is 10.6 Å². The minimum atomic E-state index is 0.728. The number of rotatable bonds is 6. The molecule has 0 spiro atoms. The van der Waals surface area contributed by atoms with Gasteiger partial charge in [-0.2, -0.15) is 0 Å². The molecule has 118 valence electrons. The van der Waals surface area contributed by atoms with Gasteiger partial charge >= 0.3 is 0 Å². The summed E-state index contributed by atoms with van der Waals surface area (Å²) in [5, 5.41) is 1.86. The van der Waals surface area contributed by atoms with Crippen molar-refractivity contribution in [3.8, 4) is 5.75 Å². The molecular weight excluding hydrogens is 310 g/mol. The highest BCUT2D eigenvalue weighted by atomic mass is 32.2. The maximum absolute atomic E-state index is 5.16. The number of benzene rings is 2. The van der Waals surface area contributed by atoms with Crippen molar-refractivity contribution >= 4 is 23.7 Å². The second kappa shape index (κ2) is 7.71. The topological polar surface area (TPSA) is 46.1 Å². The fourth-order valence-corrected chi connectivity index (χ4v) is 2.82. The van der Waals surface area contributed by atoms with Crippen LogP contribution in [0.25, 0.3) is 0 Å². The van der Waals surface area contributed by atoms with Crippen LogP contribution in [0.2, 0.25) is 0 Å². The van der Waals surface area contributed by atoms with Crippen molar-refractivity contribution in [2.75, 3.05) is 13.0 Å². The van der Waals surface area contributed by atoms with Crippen molar-refractivity contribution in [2.45, 2.75) is 4.90 Å². The second-order valence-corrected chi connectivity index (χ2v) is 5.72. The number of ether oxygens (including phenoxy) is 1. The van der Waals surface area contributed by atoms with E-state index in [9.17, 15) is 0 Å². The van der Waals surface area contributed by atoms with E-state index in [2.05, 4.69) is 16.6 Å². The van der Waals surface area contributed by atoms with E-state index in [1.165, 1.54) is 0 Å². The van der Waals surface area contributed by atoms with E-state index in [0.29, 0.717) is 0 Å².